The number of allylic oxidation sites excluding steroid dienone is 1. The third kappa shape index (κ3) is 5.10. The summed E-state index contributed by atoms with van der Waals surface area (Å²) in [6.45, 7) is 2.18. The minimum atomic E-state index is -0.854. The van der Waals surface area contributed by atoms with Crippen LogP contribution in [0.4, 0.5) is 0 Å². The molecule has 4 atom stereocenters. The van der Waals surface area contributed by atoms with Crippen molar-refractivity contribution in [2.75, 3.05) is 0 Å². The summed E-state index contributed by atoms with van der Waals surface area (Å²) >= 11 is 1.36. The van der Waals surface area contributed by atoms with Crippen molar-refractivity contribution < 1.29 is 15.0 Å². The first kappa shape index (κ1) is 22.1. The molecule has 1 unspecified atom stereocenters. The van der Waals surface area contributed by atoms with Crippen LogP contribution in [0.3, 0.4) is 0 Å². The fourth-order valence-electron chi connectivity index (χ4n) is 5.22. The Bertz CT molecular complexity index is 753. The molecule has 2 N–H and O–H groups in total. The molecule has 0 radical (unpaired) electrons. The first-order valence-corrected chi connectivity index (χ1v) is 11.9. The van der Waals surface area contributed by atoms with Crippen LogP contribution in [0.15, 0.2) is 24.3 Å². The molecule has 0 aliphatic heterocycles. The zero-order chi connectivity index (χ0) is 20.9. The van der Waals surface area contributed by atoms with Crippen LogP contribution in [0, 0.1) is 34.5 Å². The number of nitrogens with zero attached hydrogens (tertiary/aromatic N) is 1. The molecular formula is C24H33NO3S. The van der Waals surface area contributed by atoms with Crippen LogP contribution in [0.2, 0.25) is 0 Å². The fourth-order valence-corrected chi connectivity index (χ4v) is 6.11. The Morgan fingerprint density at radius 2 is 2.21 bits per heavy atom. The smallest absolute Gasteiger partial charge is 0.345 e. The van der Waals surface area contributed by atoms with E-state index < -0.39 is 5.97 Å². The van der Waals surface area contributed by atoms with E-state index in [1.165, 1.54) is 17.8 Å². The van der Waals surface area contributed by atoms with Gasteiger partial charge in [0, 0.05) is 4.88 Å². The van der Waals surface area contributed by atoms with Gasteiger partial charge in [-0.25, -0.2) is 4.79 Å². The summed E-state index contributed by atoms with van der Waals surface area (Å²) in [4.78, 5) is 12.5. The lowest BCUT2D eigenvalue weighted by molar-refractivity contribution is -0.0355. The summed E-state index contributed by atoms with van der Waals surface area (Å²) in [6.07, 6.45) is 14.4. The number of thiophene rings is 1. The van der Waals surface area contributed by atoms with Gasteiger partial charge in [0.25, 0.3) is 0 Å². The first-order valence-electron chi connectivity index (χ1n) is 11.1. The van der Waals surface area contributed by atoms with Gasteiger partial charge in [-0.1, -0.05) is 25.5 Å². The highest BCUT2D eigenvalue weighted by Gasteiger charge is 2.41. The number of rotatable bonds is 10. The second kappa shape index (κ2) is 9.91. The summed E-state index contributed by atoms with van der Waals surface area (Å²) in [5.74, 6) is 0.0190. The molecule has 29 heavy (non-hydrogen) atoms. The summed E-state index contributed by atoms with van der Waals surface area (Å²) in [7, 11) is 0. The standard InChI is InChI=1S/C24H33NO3S/c1-2-24(14-5-15-24)22(26)9-4-8-20-17(10-11-18(20)16-25)6-3-7-19-12-13-21(29-19)23(27)28/h4,8,12-13,17-18,20,22,26H,2-3,5-7,9-11,14-15H2,1H3,(H,27,28)/b8-4+/t17-,18-,20+,22?/m0/s1. The van der Waals surface area contributed by atoms with E-state index in [-0.39, 0.29) is 23.4 Å². The first-order chi connectivity index (χ1) is 14.0. The van der Waals surface area contributed by atoms with Crippen LogP contribution in [0.25, 0.3) is 0 Å². The Morgan fingerprint density at radius 3 is 2.79 bits per heavy atom. The van der Waals surface area contributed by atoms with E-state index >= 15 is 0 Å². The molecule has 1 aromatic rings. The molecule has 5 heteroatoms. The third-order valence-electron chi connectivity index (χ3n) is 7.37. The number of nitriles is 1. The van der Waals surface area contributed by atoms with Crippen LogP contribution < -0.4 is 0 Å². The molecule has 2 fully saturated rings. The largest absolute Gasteiger partial charge is 0.477 e. The van der Waals surface area contributed by atoms with Crippen molar-refractivity contribution in [1.82, 2.24) is 0 Å². The van der Waals surface area contributed by atoms with Crippen molar-refractivity contribution in [2.24, 2.45) is 23.2 Å². The van der Waals surface area contributed by atoms with E-state index in [0.717, 1.165) is 56.2 Å². The Labute approximate surface area is 178 Å². The second-order valence-electron chi connectivity index (χ2n) is 8.86. The lowest BCUT2D eigenvalue weighted by atomic mass is 9.63. The number of carboxylic acids is 1. The van der Waals surface area contributed by atoms with Crippen molar-refractivity contribution in [2.45, 2.75) is 77.2 Å². The van der Waals surface area contributed by atoms with E-state index in [1.54, 1.807) is 6.07 Å². The number of hydrogen-bond acceptors (Lipinski definition) is 4. The number of aryl methyl sites for hydroxylation is 1. The molecule has 3 rings (SSSR count). The van der Waals surface area contributed by atoms with Gasteiger partial charge >= 0.3 is 5.97 Å². The lowest BCUT2D eigenvalue weighted by Gasteiger charge is -2.45. The molecular weight excluding hydrogens is 382 g/mol. The SMILES string of the molecule is CCC1(C(O)C/C=C/[C@@H]2[C@@H](CCCc3ccc(C(=O)O)s3)CC[C@H]2C#N)CCC1. The van der Waals surface area contributed by atoms with E-state index in [2.05, 4.69) is 25.1 Å². The average Bonchev–Trinajstić information content (AvgIpc) is 3.29. The van der Waals surface area contributed by atoms with E-state index in [1.807, 2.05) is 6.07 Å². The van der Waals surface area contributed by atoms with E-state index in [4.69, 9.17) is 5.11 Å². The second-order valence-corrected chi connectivity index (χ2v) is 10.0. The van der Waals surface area contributed by atoms with Gasteiger partial charge in [0.2, 0.25) is 0 Å². The molecule has 0 spiro atoms. The molecule has 1 aromatic heterocycles. The van der Waals surface area contributed by atoms with Gasteiger partial charge in [0.1, 0.15) is 4.88 Å². The predicted octanol–water partition coefficient (Wildman–Crippen LogP) is 5.82. The highest BCUT2D eigenvalue weighted by molar-refractivity contribution is 7.13. The lowest BCUT2D eigenvalue weighted by Crippen LogP contribution is -2.40. The quantitative estimate of drug-likeness (QED) is 0.472. The predicted molar refractivity (Wildman–Crippen MR) is 116 cm³/mol. The van der Waals surface area contributed by atoms with Gasteiger partial charge in [0.15, 0.2) is 0 Å². The highest BCUT2D eigenvalue weighted by Crippen LogP contribution is 2.48. The molecule has 0 amide bonds. The Kier molecular flexibility index (Phi) is 7.54. The zero-order valence-electron chi connectivity index (χ0n) is 17.3. The van der Waals surface area contributed by atoms with Gasteiger partial charge in [-0.3, -0.25) is 0 Å². The third-order valence-corrected chi connectivity index (χ3v) is 8.50. The summed E-state index contributed by atoms with van der Waals surface area (Å²) < 4.78 is 0. The molecule has 158 valence electrons. The fraction of sp³-hybridized carbons (Fsp3) is 0.667. The van der Waals surface area contributed by atoms with Crippen molar-refractivity contribution in [3.63, 3.8) is 0 Å². The molecule has 2 saturated carbocycles. The topological polar surface area (TPSA) is 81.3 Å². The van der Waals surface area contributed by atoms with Gasteiger partial charge < -0.3 is 10.2 Å². The zero-order valence-corrected chi connectivity index (χ0v) is 18.2. The Balaban J connectivity index is 1.51. The molecule has 1 heterocycles. The van der Waals surface area contributed by atoms with Crippen molar-refractivity contribution >= 4 is 17.3 Å². The number of carboxylic acid groups (broad SMARTS) is 1. The number of hydrogen-bond donors (Lipinski definition) is 2. The maximum absolute atomic E-state index is 11.0. The van der Waals surface area contributed by atoms with Crippen LogP contribution in [-0.2, 0) is 6.42 Å². The minimum Gasteiger partial charge on any atom is -0.477 e. The van der Waals surface area contributed by atoms with E-state index in [9.17, 15) is 15.2 Å². The van der Waals surface area contributed by atoms with E-state index in [0.29, 0.717) is 17.2 Å². The normalized spacial score (nSPS) is 26.9. The molecule has 2 aliphatic carbocycles. The molecule has 0 saturated heterocycles. The van der Waals surface area contributed by atoms with Crippen LogP contribution in [0.1, 0.15) is 79.3 Å². The molecule has 4 nitrogen and oxygen atoms in total. The van der Waals surface area contributed by atoms with Crippen LogP contribution in [0.5, 0.6) is 0 Å². The number of carbonyl (C=O) groups is 1. The van der Waals surface area contributed by atoms with Crippen molar-refractivity contribution in [3.8, 4) is 6.07 Å². The van der Waals surface area contributed by atoms with Crippen molar-refractivity contribution in [3.05, 3.63) is 34.0 Å². The summed E-state index contributed by atoms with van der Waals surface area (Å²) in [6, 6.07) is 6.10. The summed E-state index contributed by atoms with van der Waals surface area (Å²) in [5.41, 5.74) is 0.129. The molecule has 2 aliphatic rings. The number of aliphatic hydroxyl groups is 1. The number of aromatic carboxylic acids is 1. The molecule has 0 aromatic carbocycles. The van der Waals surface area contributed by atoms with Crippen LogP contribution >= 0.6 is 11.3 Å². The van der Waals surface area contributed by atoms with Crippen LogP contribution in [-0.4, -0.2) is 22.3 Å². The average molecular weight is 416 g/mol. The highest BCUT2D eigenvalue weighted by atomic mass is 32.1. The minimum absolute atomic E-state index is 0.0811. The maximum Gasteiger partial charge on any atom is 0.345 e. The van der Waals surface area contributed by atoms with Gasteiger partial charge in [-0.05, 0) is 87.2 Å². The van der Waals surface area contributed by atoms with Crippen molar-refractivity contribution in [1.29, 1.82) is 5.26 Å². The maximum atomic E-state index is 11.0. The van der Waals surface area contributed by atoms with Gasteiger partial charge in [0.05, 0.1) is 18.1 Å². The number of aliphatic hydroxyl groups excluding tert-OH is 1. The Morgan fingerprint density at radius 1 is 1.41 bits per heavy atom. The Hall–Kier alpha value is -1.64. The van der Waals surface area contributed by atoms with Gasteiger partial charge in [-0.15, -0.1) is 11.3 Å². The van der Waals surface area contributed by atoms with Gasteiger partial charge in [-0.2, -0.15) is 5.26 Å². The monoisotopic (exact) mass is 415 g/mol. The summed E-state index contributed by atoms with van der Waals surface area (Å²) in [5, 5.41) is 29.2. The molecule has 0 bridgehead atoms.